The van der Waals surface area contributed by atoms with Crippen LogP contribution in [0.2, 0.25) is 10.0 Å². The molecule has 0 saturated carbocycles. The Morgan fingerprint density at radius 3 is 2.10 bits per heavy atom. The first kappa shape index (κ1) is 30.9. The molecule has 0 aliphatic carbocycles. The molecule has 3 aromatic rings. The Balaban J connectivity index is 1.91. The average molecular weight is 621 g/mol. The number of carboxylic acid groups (broad SMARTS) is 1. The summed E-state index contributed by atoms with van der Waals surface area (Å²) in [6.07, 6.45) is 4.37. The minimum Gasteiger partial charge on any atom is -0.481 e. The number of sulfonamides is 1. The molecule has 0 unspecified atom stereocenters. The summed E-state index contributed by atoms with van der Waals surface area (Å²) in [6, 6.07) is 18.0. The number of aliphatic carboxylic acids is 1. The van der Waals surface area contributed by atoms with E-state index in [1.54, 1.807) is 42.5 Å². The Morgan fingerprint density at radius 2 is 1.52 bits per heavy atom. The summed E-state index contributed by atoms with van der Waals surface area (Å²) in [5, 5.41) is 10.7. The van der Waals surface area contributed by atoms with Gasteiger partial charge in [0.1, 0.15) is 0 Å². The van der Waals surface area contributed by atoms with E-state index in [0.29, 0.717) is 17.0 Å². The van der Waals surface area contributed by atoms with Crippen molar-refractivity contribution in [1.29, 1.82) is 0 Å². The number of halogens is 2. The number of carboxylic acids is 1. The number of nitrogens with zero attached hydrogens (tertiary/aromatic N) is 1. The summed E-state index contributed by atoms with van der Waals surface area (Å²) < 4.78 is 30.4. The highest BCUT2D eigenvalue weighted by Crippen LogP contribution is 2.52. The van der Waals surface area contributed by atoms with E-state index in [2.05, 4.69) is 6.92 Å². The fourth-order valence-corrected chi connectivity index (χ4v) is 9.11. The summed E-state index contributed by atoms with van der Waals surface area (Å²) in [6.45, 7) is 6.02. The van der Waals surface area contributed by atoms with E-state index in [1.807, 2.05) is 38.1 Å². The molecule has 0 aromatic heterocycles. The normalized spacial score (nSPS) is 21.5. The largest absolute Gasteiger partial charge is 0.481 e. The van der Waals surface area contributed by atoms with Crippen molar-refractivity contribution in [1.82, 2.24) is 4.31 Å². The molecule has 1 heterocycles. The van der Waals surface area contributed by atoms with Crippen LogP contribution in [0.15, 0.2) is 76.5 Å². The van der Waals surface area contributed by atoms with Gasteiger partial charge in [-0.2, -0.15) is 4.31 Å². The maximum Gasteiger partial charge on any atom is 0.309 e. The highest BCUT2D eigenvalue weighted by atomic mass is 35.5. The summed E-state index contributed by atoms with van der Waals surface area (Å²) in [5.41, 5.74) is 2.55. The van der Waals surface area contributed by atoms with Crippen molar-refractivity contribution in [3.63, 3.8) is 0 Å². The van der Waals surface area contributed by atoms with Gasteiger partial charge < -0.3 is 5.11 Å². The smallest absolute Gasteiger partial charge is 0.309 e. The zero-order valence-corrected chi connectivity index (χ0v) is 26.0. The first-order chi connectivity index (χ1) is 19.0. The molecular formula is C31H35Cl2NO4S2. The third-order valence-electron chi connectivity index (χ3n) is 7.49. The van der Waals surface area contributed by atoms with Gasteiger partial charge in [0.15, 0.2) is 0 Å². The van der Waals surface area contributed by atoms with Gasteiger partial charge in [0.2, 0.25) is 10.0 Å². The summed E-state index contributed by atoms with van der Waals surface area (Å²) in [7, 11) is -4.09. The van der Waals surface area contributed by atoms with Crippen molar-refractivity contribution in [3.05, 3.63) is 93.5 Å². The molecule has 3 aromatic carbocycles. The minimum atomic E-state index is -4.09. The molecule has 1 N–H and O–H groups in total. The van der Waals surface area contributed by atoms with Gasteiger partial charge in [-0.25, -0.2) is 8.42 Å². The van der Waals surface area contributed by atoms with Crippen LogP contribution in [-0.2, 0) is 14.8 Å². The van der Waals surface area contributed by atoms with Gasteiger partial charge >= 0.3 is 5.97 Å². The van der Waals surface area contributed by atoms with Crippen LogP contribution in [0.5, 0.6) is 0 Å². The molecule has 5 nitrogen and oxygen atoms in total. The number of rotatable bonds is 11. The van der Waals surface area contributed by atoms with Gasteiger partial charge in [0.05, 0.1) is 26.9 Å². The second-order valence-corrected chi connectivity index (χ2v) is 14.4. The first-order valence-electron chi connectivity index (χ1n) is 13.6. The van der Waals surface area contributed by atoms with Crippen molar-refractivity contribution in [3.8, 4) is 0 Å². The third-order valence-corrected chi connectivity index (χ3v) is 11.6. The fraction of sp³-hybridized carbons (Fsp3) is 0.387. The van der Waals surface area contributed by atoms with Crippen LogP contribution in [0.4, 0.5) is 0 Å². The molecule has 0 bridgehead atoms. The van der Waals surface area contributed by atoms with Crippen LogP contribution in [0.25, 0.3) is 0 Å². The van der Waals surface area contributed by atoms with Crippen LogP contribution in [0.3, 0.4) is 0 Å². The third kappa shape index (κ3) is 6.71. The highest BCUT2D eigenvalue weighted by molar-refractivity contribution is 8.00. The zero-order chi connectivity index (χ0) is 29.0. The average Bonchev–Trinajstić information content (AvgIpc) is 3.24. The molecular weight excluding hydrogens is 585 g/mol. The standard InChI is InChI=1S/C31H35Cl2NO4S2/c1-4-5-6-7-8-27-30(39-23-14-9-20(2)10-15-23)28(31(35)36)29(22-13-18-25(32)26(33)19-22)34(27)40(37,38)24-16-11-21(3)12-17-24/h9-19,27-30H,4-8H2,1-3H3,(H,35,36)/t27-,28+,29+,30-/m1/s1. The fourth-order valence-electron chi connectivity index (χ4n) is 5.41. The number of unbranched alkanes of at least 4 members (excludes halogenated alkanes) is 3. The molecule has 1 fully saturated rings. The minimum absolute atomic E-state index is 0.145. The van der Waals surface area contributed by atoms with Gasteiger partial charge in [0, 0.05) is 16.2 Å². The molecule has 9 heteroatoms. The van der Waals surface area contributed by atoms with Gasteiger partial charge in [-0.05, 0) is 62.2 Å². The van der Waals surface area contributed by atoms with E-state index in [1.165, 1.54) is 16.1 Å². The van der Waals surface area contributed by atoms with Crippen LogP contribution >= 0.6 is 35.0 Å². The predicted octanol–water partition coefficient (Wildman–Crippen LogP) is 8.56. The lowest BCUT2D eigenvalue weighted by molar-refractivity contribution is -0.142. The Bertz CT molecular complexity index is 1430. The van der Waals surface area contributed by atoms with Crippen LogP contribution in [-0.4, -0.2) is 35.1 Å². The molecule has 0 amide bonds. The lowest BCUT2D eigenvalue weighted by atomic mass is 9.92. The SMILES string of the molecule is CCCCCC[C@@H]1[C@@H](Sc2ccc(C)cc2)[C@@H](C(=O)O)[C@H](c2ccc(Cl)c(Cl)c2)N1S(=O)(=O)c1ccc(C)cc1. The first-order valence-corrected chi connectivity index (χ1v) is 16.6. The van der Waals surface area contributed by atoms with Crippen molar-refractivity contribution in [2.24, 2.45) is 5.92 Å². The maximum atomic E-state index is 14.5. The van der Waals surface area contributed by atoms with Crippen LogP contribution < -0.4 is 0 Å². The highest BCUT2D eigenvalue weighted by Gasteiger charge is 2.57. The molecule has 1 saturated heterocycles. The van der Waals surface area contributed by atoms with Crippen molar-refractivity contribution in [2.75, 3.05) is 0 Å². The van der Waals surface area contributed by atoms with Gasteiger partial charge in [-0.15, -0.1) is 11.8 Å². The number of hydrogen-bond acceptors (Lipinski definition) is 4. The molecule has 0 spiro atoms. The second-order valence-electron chi connectivity index (χ2n) is 10.4. The number of benzene rings is 3. The number of thioether (sulfide) groups is 1. The van der Waals surface area contributed by atoms with E-state index < -0.39 is 39.2 Å². The number of hydrogen-bond donors (Lipinski definition) is 1. The molecule has 4 atom stereocenters. The lowest BCUT2D eigenvalue weighted by Gasteiger charge is -2.31. The van der Waals surface area contributed by atoms with Gasteiger partial charge in [0.25, 0.3) is 0 Å². The van der Waals surface area contributed by atoms with E-state index in [0.717, 1.165) is 41.7 Å². The molecule has 1 aliphatic rings. The van der Waals surface area contributed by atoms with Crippen LogP contribution in [0, 0.1) is 19.8 Å². The molecule has 40 heavy (non-hydrogen) atoms. The maximum absolute atomic E-state index is 14.5. The Labute approximate surface area is 251 Å². The Hall–Kier alpha value is -2.03. The molecule has 1 aliphatic heterocycles. The summed E-state index contributed by atoms with van der Waals surface area (Å²) in [5.74, 6) is -2.05. The van der Waals surface area contributed by atoms with E-state index in [-0.39, 0.29) is 9.92 Å². The van der Waals surface area contributed by atoms with Gasteiger partial charge in [-0.1, -0.05) is 97.3 Å². The zero-order valence-electron chi connectivity index (χ0n) is 22.9. The number of aryl methyl sites for hydroxylation is 2. The number of carbonyl (C=O) groups is 1. The lowest BCUT2D eigenvalue weighted by Crippen LogP contribution is -2.40. The predicted molar refractivity (Wildman–Crippen MR) is 164 cm³/mol. The van der Waals surface area contributed by atoms with Crippen molar-refractivity contribution >= 4 is 51.0 Å². The Morgan fingerprint density at radius 1 is 0.900 bits per heavy atom. The van der Waals surface area contributed by atoms with Crippen molar-refractivity contribution < 1.29 is 18.3 Å². The van der Waals surface area contributed by atoms with Gasteiger partial charge in [-0.3, -0.25) is 4.79 Å². The monoisotopic (exact) mass is 619 g/mol. The molecule has 0 radical (unpaired) electrons. The molecule has 4 rings (SSSR count). The molecule has 214 valence electrons. The summed E-state index contributed by atoms with van der Waals surface area (Å²) >= 11 is 14.1. The second kappa shape index (κ2) is 13.3. The topological polar surface area (TPSA) is 74.7 Å². The van der Waals surface area contributed by atoms with E-state index >= 15 is 0 Å². The summed E-state index contributed by atoms with van der Waals surface area (Å²) in [4.78, 5) is 14.1. The Kier molecular flexibility index (Phi) is 10.3. The van der Waals surface area contributed by atoms with Crippen molar-refractivity contribution in [2.45, 2.75) is 80.0 Å². The van der Waals surface area contributed by atoms with Crippen LogP contribution in [0.1, 0.15) is 61.8 Å². The quantitative estimate of drug-likeness (QED) is 0.218. The van der Waals surface area contributed by atoms with E-state index in [9.17, 15) is 18.3 Å². The van der Waals surface area contributed by atoms with E-state index in [4.69, 9.17) is 23.2 Å².